The topological polar surface area (TPSA) is 61.4 Å². The maximum atomic E-state index is 12.5. The van der Waals surface area contributed by atoms with Crippen molar-refractivity contribution >= 4 is 17.2 Å². The lowest BCUT2D eigenvalue weighted by Crippen LogP contribution is -2.48. The standard InChI is InChI=1S/C15H24N2O2S/c1-2-4-15(5-7-16-8-6-15)14(19)17-10-13(18)12-3-9-20-11-12/h3,9,11,13,16,18H,2,4-8,10H2,1H3,(H,17,19). The summed E-state index contributed by atoms with van der Waals surface area (Å²) in [5, 5.41) is 20.2. The van der Waals surface area contributed by atoms with Gasteiger partial charge in [0.1, 0.15) is 0 Å². The van der Waals surface area contributed by atoms with Crippen LogP contribution >= 0.6 is 11.3 Å². The summed E-state index contributed by atoms with van der Waals surface area (Å²) >= 11 is 1.56. The summed E-state index contributed by atoms with van der Waals surface area (Å²) in [4.78, 5) is 12.5. The van der Waals surface area contributed by atoms with E-state index in [1.807, 2.05) is 16.8 Å². The van der Waals surface area contributed by atoms with E-state index < -0.39 is 6.10 Å². The van der Waals surface area contributed by atoms with Gasteiger partial charge in [-0.1, -0.05) is 13.3 Å². The molecule has 5 heteroatoms. The van der Waals surface area contributed by atoms with E-state index in [4.69, 9.17) is 0 Å². The van der Waals surface area contributed by atoms with Gasteiger partial charge in [-0.2, -0.15) is 11.3 Å². The molecule has 1 amide bonds. The van der Waals surface area contributed by atoms with Crippen molar-refractivity contribution in [3.05, 3.63) is 22.4 Å². The highest BCUT2D eigenvalue weighted by Crippen LogP contribution is 2.34. The van der Waals surface area contributed by atoms with Gasteiger partial charge in [0.25, 0.3) is 0 Å². The van der Waals surface area contributed by atoms with Crippen molar-refractivity contribution < 1.29 is 9.90 Å². The maximum Gasteiger partial charge on any atom is 0.226 e. The lowest BCUT2D eigenvalue weighted by Gasteiger charge is -2.36. The Morgan fingerprint density at radius 2 is 2.30 bits per heavy atom. The number of piperidine rings is 1. The van der Waals surface area contributed by atoms with Gasteiger partial charge in [0.15, 0.2) is 0 Å². The van der Waals surface area contributed by atoms with Gasteiger partial charge in [0, 0.05) is 6.54 Å². The highest BCUT2D eigenvalue weighted by molar-refractivity contribution is 7.07. The lowest BCUT2D eigenvalue weighted by atomic mass is 9.74. The van der Waals surface area contributed by atoms with Crippen molar-refractivity contribution in [3.63, 3.8) is 0 Å². The van der Waals surface area contributed by atoms with E-state index in [9.17, 15) is 9.90 Å². The molecule has 1 unspecified atom stereocenters. The fourth-order valence-electron chi connectivity index (χ4n) is 2.93. The third-order valence-corrected chi connectivity index (χ3v) is 4.86. The van der Waals surface area contributed by atoms with E-state index in [0.29, 0.717) is 6.54 Å². The van der Waals surface area contributed by atoms with Crippen LogP contribution in [0, 0.1) is 5.41 Å². The smallest absolute Gasteiger partial charge is 0.226 e. The van der Waals surface area contributed by atoms with Gasteiger partial charge in [0.2, 0.25) is 5.91 Å². The van der Waals surface area contributed by atoms with Crippen LogP contribution in [0.4, 0.5) is 0 Å². The van der Waals surface area contributed by atoms with Crippen molar-refractivity contribution in [2.75, 3.05) is 19.6 Å². The second-order valence-electron chi connectivity index (χ2n) is 5.56. The SMILES string of the molecule is CCCC1(C(=O)NCC(O)c2ccsc2)CCNCC1. The Morgan fingerprint density at radius 3 is 2.90 bits per heavy atom. The fourth-order valence-corrected chi connectivity index (χ4v) is 3.64. The molecule has 112 valence electrons. The predicted molar refractivity (Wildman–Crippen MR) is 81.7 cm³/mol. The second kappa shape index (κ2) is 7.20. The van der Waals surface area contributed by atoms with E-state index >= 15 is 0 Å². The average molecular weight is 296 g/mol. The lowest BCUT2D eigenvalue weighted by molar-refractivity contribution is -0.133. The molecule has 1 atom stereocenters. The molecular weight excluding hydrogens is 272 g/mol. The Balaban J connectivity index is 1.91. The van der Waals surface area contributed by atoms with Gasteiger partial charge in [-0.25, -0.2) is 0 Å². The first-order chi connectivity index (χ1) is 9.68. The number of amides is 1. The van der Waals surface area contributed by atoms with Crippen molar-refractivity contribution in [1.29, 1.82) is 0 Å². The molecule has 0 saturated carbocycles. The number of thiophene rings is 1. The van der Waals surface area contributed by atoms with E-state index in [1.165, 1.54) is 0 Å². The Labute approximate surface area is 124 Å². The van der Waals surface area contributed by atoms with Crippen LogP contribution in [0.5, 0.6) is 0 Å². The molecule has 20 heavy (non-hydrogen) atoms. The quantitative estimate of drug-likeness (QED) is 0.753. The number of carbonyl (C=O) groups is 1. The zero-order chi connectivity index (χ0) is 14.4. The van der Waals surface area contributed by atoms with Crippen LogP contribution in [0.3, 0.4) is 0 Å². The highest BCUT2D eigenvalue weighted by atomic mass is 32.1. The minimum Gasteiger partial charge on any atom is -0.387 e. The van der Waals surface area contributed by atoms with E-state index in [1.54, 1.807) is 11.3 Å². The van der Waals surface area contributed by atoms with Gasteiger partial charge >= 0.3 is 0 Å². The normalized spacial score (nSPS) is 19.5. The Kier molecular flexibility index (Phi) is 5.57. The molecule has 4 nitrogen and oxygen atoms in total. The van der Waals surface area contributed by atoms with Crippen LogP contribution in [0.25, 0.3) is 0 Å². The zero-order valence-corrected chi connectivity index (χ0v) is 12.8. The molecule has 0 radical (unpaired) electrons. The Morgan fingerprint density at radius 1 is 1.55 bits per heavy atom. The monoisotopic (exact) mass is 296 g/mol. The van der Waals surface area contributed by atoms with Crippen molar-refractivity contribution in [1.82, 2.24) is 10.6 Å². The van der Waals surface area contributed by atoms with Gasteiger partial charge in [-0.05, 0) is 54.7 Å². The van der Waals surface area contributed by atoms with Gasteiger partial charge < -0.3 is 15.7 Å². The average Bonchev–Trinajstić information content (AvgIpc) is 3.00. The molecule has 2 rings (SSSR count). The van der Waals surface area contributed by atoms with Crippen molar-refractivity contribution in [3.8, 4) is 0 Å². The molecule has 1 aromatic heterocycles. The van der Waals surface area contributed by atoms with Crippen LogP contribution in [-0.2, 0) is 4.79 Å². The summed E-state index contributed by atoms with van der Waals surface area (Å²) in [7, 11) is 0. The Hall–Kier alpha value is -0.910. The maximum absolute atomic E-state index is 12.5. The summed E-state index contributed by atoms with van der Waals surface area (Å²) < 4.78 is 0. The van der Waals surface area contributed by atoms with E-state index in [2.05, 4.69) is 17.6 Å². The highest BCUT2D eigenvalue weighted by Gasteiger charge is 2.38. The van der Waals surface area contributed by atoms with Crippen LogP contribution < -0.4 is 10.6 Å². The number of nitrogens with one attached hydrogen (secondary N) is 2. The molecule has 1 aliphatic heterocycles. The number of carbonyl (C=O) groups excluding carboxylic acids is 1. The predicted octanol–water partition coefficient (Wildman–Crippen LogP) is 2.07. The van der Waals surface area contributed by atoms with E-state index in [-0.39, 0.29) is 11.3 Å². The molecule has 2 heterocycles. The molecule has 3 N–H and O–H groups in total. The summed E-state index contributed by atoms with van der Waals surface area (Å²) in [6, 6.07) is 1.90. The first-order valence-electron chi connectivity index (χ1n) is 7.37. The molecule has 1 fully saturated rings. The largest absolute Gasteiger partial charge is 0.387 e. The number of aliphatic hydroxyl groups excluding tert-OH is 1. The van der Waals surface area contributed by atoms with Crippen molar-refractivity contribution in [2.24, 2.45) is 5.41 Å². The minimum atomic E-state index is -0.606. The second-order valence-corrected chi connectivity index (χ2v) is 6.34. The molecule has 0 aliphatic carbocycles. The molecule has 1 saturated heterocycles. The third kappa shape index (κ3) is 3.59. The van der Waals surface area contributed by atoms with Gasteiger partial charge in [0.05, 0.1) is 11.5 Å². The van der Waals surface area contributed by atoms with Crippen LogP contribution in [0.15, 0.2) is 16.8 Å². The van der Waals surface area contributed by atoms with Crippen LogP contribution in [0.2, 0.25) is 0 Å². The summed E-state index contributed by atoms with van der Waals surface area (Å²) in [5.41, 5.74) is 0.638. The molecule has 0 aromatic carbocycles. The first kappa shape index (κ1) is 15.5. The summed E-state index contributed by atoms with van der Waals surface area (Å²) in [5.74, 6) is 0.107. The molecule has 1 aliphatic rings. The van der Waals surface area contributed by atoms with Crippen LogP contribution in [0.1, 0.15) is 44.3 Å². The fraction of sp³-hybridized carbons (Fsp3) is 0.667. The van der Waals surface area contributed by atoms with Crippen molar-refractivity contribution in [2.45, 2.75) is 38.7 Å². The molecular formula is C15H24N2O2S. The Bertz CT molecular complexity index is 408. The number of aliphatic hydroxyl groups is 1. The minimum absolute atomic E-state index is 0.107. The summed E-state index contributed by atoms with van der Waals surface area (Å²) in [6.45, 7) is 4.23. The number of hydrogen-bond donors (Lipinski definition) is 3. The zero-order valence-electron chi connectivity index (χ0n) is 12.0. The molecule has 0 bridgehead atoms. The van der Waals surface area contributed by atoms with E-state index in [0.717, 1.165) is 44.3 Å². The molecule has 1 aromatic rings. The van der Waals surface area contributed by atoms with Gasteiger partial charge in [-0.15, -0.1) is 0 Å². The van der Waals surface area contributed by atoms with Gasteiger partial charge in [-0.3, -0.25) is 4.79 Å². The molecule has 0 spiro atoms. The number of rotatable bonds is 6. The first-order valence-corrected chi connectivity index (χ1v) is 8.31. The third-order valence-electron chi connectivity index (χ3n) is 4.15. The summed E-state index contributed by atoms with van der Waals surface area (Å²) in [6.07, 6.45) is 3.11. The van der Waals surface area contributed by atoms with Crippen LogP contribution in [-0.4, -0.2) is 30.6 Å². The number of hydrogen-bond acceptors (Lipinski definition) is 4.